The Hall–Kier alpha value is -2.26. The number of nitrogens with one attached hydrogen (secondary N) is 1. The second-order valence-corrected chi connectivity index (χ2v) is 13.3. The molecule has 1 N–H and O–H groups in total. The monoisotopic (exact) mass is 555 g/mol. The number of carbonyl (C=O) groups excluding carboxylic acids is 1. The van der Waals surface area contributed by atoms with E-state index in [0.717, 1.165) is 19.3 Å². The van der Waals surface area contributed by atoms with Crippen LogP contribution in [0.2, 0.25) is 0 Å². The minimum absolute atomic E-state index is 0.0354. The molecular formula is C31H45N3O4S. The fourth-order valence-electron chi connectivity index (χ4n) is 6.14. The zero-order valence-electron chi connectivity index (χ0n) is 23.5. The minimum atomic E-state index is -3.47. The summed E-state index contributed by atoms with van der Waals surface area (Å²) in [5.41, 5.74) is 1.41. The van der Waals surface area contributed by atoms with Gasteiger partial charge in [-0.15, -0.1) is 0 Å². The van der Waals surface area contributed by atoms with Crippen LogP contribution in [0.5, 0.6) is 0 Å². The summed E-state index contributed by atoms with van der Waals surface area (Å²) in [5, 5.41) is 3.08. The van der Waals surface area contributed by atoms with Gasteiger partial charge in [0.1, 0.15) is 6.61 Å². The van der Waals surface area contributed by atoms with Crippen molar-refractivity contribution in [3.63, 3.8) is 0 Å². The molecule has 1 saturated carbocycles. The lowest BCUT2D eigenvalue weighted by Crippen LogP contribution is -2.42. The third kappa shape index (κ3) is 8.61. The third-order valence-electron chi connectivity index (χ3n) is 8.49. The number of nitrogens with zero attached hydrogens (tertiary/aromatic N) is 2. The van der Waals surface area contributed by atoms with E-state index in [1.165, 1.54) is 29.1 Å². The number of sulfonamides is 1. The Balaban J connectivity index is 1.11. The Morgan fingerprint density at radius 3 is 2.18 bits per heavy atom. The number of hydrogen-bond acceptors (Lipinski definition) is 5. The van der Waals surface area contributed by atoms with Crippen LogP contribution in [0.4, 0.5) is 0 Å². The molecule has 1 unspecified atom stereocenters. The number of ether oxygens (including phenoxy) is 1. The number of benzene rings is 2. The molecule has 0 radical (unpaired) electrons. The summed E-state index contributed by atoms with van der Waals surface area (Å²) in [6.07, 6.45) is 8.11. The highest BCUT2D eigenvalue weighted by Crippen LogP contribution is 2.33. The van der Waals surface area contributed by atoms with Crippen LogP contribution < -0.4 is 5.32 Å². The van der Waals surface area contributed by atoms with Crippen LogP contribution in [0.1, 0.15) is 50.5 Å². The van der Waals surface area contributed by atoms with Crippen molar-refractivity contribution in [1.29, 1.82) is 0 Å². The van der Waals surface area contributed by atoms with Crippen LogP contribution in [0.3, 0.4) is 0 Å². The Kier molecular flexibility index (Phi) is 11.0. The van der Waals surface area contributed by atoms with Crippen LogP contribution >= 0.6 is 0 Å². The highest BCUT2D eigenvalue weighted by atomic mass is 32.2. The van der Waals surface area contributed by atoms with Crippen LogP contribution in [0, 0.1) is 11.8 Å². The molecule has 1 aliphatic carbocycles. The van der Waals surface area contributed by atoms with Gasteiger partial charge in [0.05, 0.1) is 11.0 Å². The zero-order valence-corrected chi connectivity index (χ0v) is 24.3. The fraction of sp³-hybridized carbons (Fsp3) is 0.581. The lowest BCUT2D eigenvalue weighted by molar-refractivity contribution is -0.128. The molecule has 7 nitrogen and oxygen atoms in total. The minimum Gasteiger partial charge on any atom is -0.368 e. The number of aryl methyl sites for hydroxylation is 1. The van der Waals surface area contributed by atoms with E-state index in [0.29, 0.717) is 55.2 Å². The van der Waals surface area contributed by atoms with Crippen molar-refractivity contribution in [2.24, 2.45) is 11.8 Å². The van der Waals surface area contributed by atoms with Crippen LogP contribution in [-0.2, 0) is 26.0 Å². The number of piperidine rings is 1. The molecule has 4 rings (SSSR count). The van der Waals surface area contributed by atoms with Crippen LogP contribution in [-0.4, -0.2) is 76.0 Å². The van der Waals surface area contributed by atoms with Gasteiger partial charge < -0.3 is 15.0 Å². The quantitative estimate of drug-likeness (QED) is 0.422. The van der Waals surface area contributed by atoms with E-state index < -0.39 is 10.0 Å². The maximum Gasteiger partial charge on any atom is 0.246 e. The molecule has 0 aromatic heterocycles. The molecule has 39 heavy (non-hydrogen) atoms. The van der Waals surface area contributed by atoms with E-state index in [2.05, 4.69) is 54.6 Å². The largest absolute Gasteiger partial charge is 0.368 e. The van der Waals surface area contributed by atoms with E-state index in [1.807, 2.05) is 6.07 Å². The molecule has 2 aliphatic rings. The van der Waals surface area contributed by atoms with E-state index in [9.17, 15) is 13.2 Å². The molecule has 1 aliphatic heterocycles. The average Bonchev–Trinajstić information content (AvgIpc) is 2.97. The Morgan fingerprint density at radius 2 is 1.56 bits per heavy atom. The standard InChI is InChI=1S/C31H45N3O4S/c1-33(2)30(18-15-25-9-5-3-6-10-25)27-16-13-26(14-17-27)23-32-31(35)24-38-28-19-21-34(22-20-28)39(36,37)29-11-7-4-8-12-29/h3-12,26-28,30H,13-24H2,1-2H3,(H,32,35). The Morgan fingerprint density at radius 1 is 0.949 bits per heavy atom. The first-order valence-electron chi connectivity index (χ1n) is 14.5. The molecule has 2 aromatic carbocycles. The van der Waals surface area contributed by atoms with E-state index >= 15 is 0 Å². The van der Waals surface area contributed by atoms with Crippen molar-refractivity contribution in [3.8, 4) is 0 Å². The summed E-state index contributed by atoms with van der Waals surface area (Å²) in [6, 6.07) is 19.9. The Labute approximate surface area is 235 Å². The second kappa shape index (κ2) is 14.4. The van der Waals surface area contributed by atoms with E-state index in [-0.39, 0.29) is 18.6 Å². The molecule has 0 spiro atoms. The summed E-state index contributed by atoms with van der Waals surface area (Å²) >= 11 is 0. The van der Waals surface area contributed by atoms with E-state index in [4.69, 9.17) is 4.74 Å². The highest BCUT2D eigenvalue weighted by molar-refractivity contribution is 7.89. The van der Waals surface area contributed by atoms with Crippen molar-refractivity contribution in [2.75, 3.05) is 40.3 Å². The van der Waals surface area contributed by atoms with Crippen molar-refractivity contribution in [1.82, 2.24) is 14.5 Å². The first-order chi connectivity index (χ1) is 18.8. The summed E-state index contributed by atoms with van der Waals surface area (Å²) < 4.78 is 33.0. The highest BCUT2D eigenvalue weighted by Gasteiger charge is 2.31. The van der Waals surface area contributed by atoms with Gasteiger partial charge in [-0.3, -0.25) is 4.79 Å². The van der Waals surface area contributed by atoms with Gasteiger partial charge in [-0.05, 0) is 95.0 Å². The van der Waals surface area contributed by atoms with Crippen LogP contribution in [0.25, 0.3) is 0 Å². The topological polar surface area (TPSA) is 79.0 Å². The molecule has 214 valence electrons. The number of carbonyl (C=O) groups is 1. The maximum absolute atomic E-state index is 12.8. The summed E-state index contributed by atoms with van der Waals surface area (Å²) in [7, 11) is 0.932. The van der Waals surface area contributed by atoms with Crippen molar-refractivity contribution in [3.05, 3.63) is 66.2 Å². The lowest BCUT2D eigenvalue weighted by atomic mass is 9.76. The van der Waals surface area contributed by atoms with Gasteiger partial charge in [-0.25, -0.2) is 8.42 Å². The number of hydrogen-bond donors (Lipinski definition) is 1. The Bertz CT molecular complexity index is 1110. The van der Waals surface area contributed by atoms with Gasteiger partial charge in [0.15, 0.2) is 0 Å². The van der Waals surface area contributed by atoms with E-state index in [1.54, 1.807) is 24.3 Å². The number of rotatable bonds is 12. The average molecular weight is 556 g/mol. The van der Waals surface area contributed by atoms with Crippen LogP contribution in [0.15, 0.2) is 65.6 Å². The molecule has 2 aromatic rings. The van der Waals surface area contributed by atoms with Crippen molar-refractivity contribution in [2.45, 2.75) is 68.4 Å². The molecule has 8 heteroatoms. The second-order valence-electron chi connectivity index (χ2n) is 11.4. The predicted molar refractivity (Wildman–Crippen MR) is 155 cm³/mol. The molecular weight excluding hydrogens is 510 g/mol. The smallest absolute Gasteiger partial charge is 0.246 e. The molecule has 1 saturated heterocycles. The normalized spacial score (nSPS) is 22.0. The fourth-order valence-corrected chi connectivity index (χ4v) is 7.63. The summed E-state index contributed by atoms with van der Waals surface area (Å²) in [4.78, 5) is 15.2. The van der Waals surface area contributed by atoms with Gasteiger partial charge in [0, 0.05) is 25.7 Å². The zero-order chi connectivity index (χ0) is 27.7. The molecule has 1 atom stereocenters. The molecule has 2 fully saturated rings. The van der Waals surface area contributed by atoms with Gasteiger partial charge in [0.25, 0.3) is 0 Å². The van der Waals surface area contributed by atoms with Gasteiger partial charge in [-0.2, -0.15) is 4.31 Å². The van der Waals surface area contributed by atoms with Crippen molar-refractivity contribution >= 4 is 15.9 Å². The molecule has 1 heterocycles. The number of amides is 1. The van der Waals surface area contributed by atoms with Gasteiger partial charge in [-0.1, -0.05) is 48.5 Å². The maximum atomic E-state index is 12.8. The lowest BCUT2D eigenvalue weighted by Gasteiger charge is -2.37. The van der Waals surface area contributed by atoms with Crippen molar-refractivity contribution < 1.29 is 17.9 Å². The summed E-state index contributed by atoms with van der Waals surface area (Å²) in [5.74, 6) is 1.15. The third-order valence-corrected chi connectivity index (χ3v) is 10.4. The molecule has 0 bridgehead atoms. The van der Waals surface area contributed by atoms with Gasteiger partial charge >= 0.3 is 0 Å². The predicted octanol–water partition coefficient (Wildman–Crippen LogP) is 4.34. The summed E-state index contributed by atoms with van der Waals surface area (Å²) in [6.45, 7) is 1.56. The first kappa shape index (κ1) is 29.7. The van der Waals surface area contributed by atoms with Gasteiger partial charge in [0.2, 0.25) is 15.9 Å². The molecule has 1 amide bonds. The first-order valence-corrected chi connectivity index (χ1v) is 15.9. The SMILES string of the molecule is CN(C)C(CCc1ccccc1)C1CCC(CNC(=O)COC2CCN(S(=O)(=O)c3ccccc3)CC2)CC1.